The van der Waals surface area contributed by atoms with Gasteiger partial charge < -0.3 is 10.2 Å². The number of nitrogens with two attached hydrogens (primary N) is 1. The van der Waals surface area contributed by atoms with Crippen LogP contribution in [0.3, 0.4) is 0 Å². The fraction of sp³-hybridized carbons (Fsp3) is 0.800. The van der Waals surface area contributed by atoms with E-state index in [0.717, 1.165) is 31.0 Å². The molecule has 0 aromatic carbocycles. The summed E-state index contributed by atoms with van der Waals surface area (Å²) in [5.74, 6) is 1.83. The predicted molar refractivity (Wildman–Crippen MR) is 74.8 cm³/mol. The molecule has 0 amide bonds. The van der Waals surface area contributed by atoms with Crippen LogP contribution in [0.5, 0.6) is 0 Å². The van der Waals surface area contributed by atoms with Crippen molar-refractivity contribution in [3.8, 4) is 0 Å². The Morgan fingerprint density at radius 1 is 1.32 bits per heavy atom. The smallest absolute Gasteiger partial charge is 0.208 e. The molecule has 2 atom stereocenters. The molecule has 0 aliphatic carbocycles. The number of piperidine rings is 1. The highest BCUT2D eigenvalue weighted by Crippen LogP contribution is 2.36. The summed E-state index contributed by atoms with van der Waals surface area (Å²) in [6, 6.07) is 1.67. The lowest BCUT2D eigenvalue weighted by Crippen LogP contribution is -2.46. The lowest BCUT2D eigenvalue weighted by atomic mass is 9.94. The number of oxazole rings is 1. The molecule has 1 aromatic rings. The fourth-order valence-electron chi connectivity index (χ4n) is 3.46. The molecule has 2 bridgehead atoms. The molecule has 2 aliphatic rings. The van der Waals surface area contributed by atoms with E-state index in [4.69, 9.17) is 10.2 Å². The molecule has 1 aromatic heterocycles. The Hall–Kier alpha value is -0.870. The van der Waals surface area contributed by atoms with Crippen LogP contribution in [0.15, 0.2) is 10.6 Å². The Labute approximate surface area is 115 Å². The maximum atomic E-state index is 6.11. The topological polar surface area (TPSA) is 55.3 Å². The largest absolute Gasteiger partial charge is 0.444 e. The minimum Gasteiger partial charge on any atom is -0.444 e. The van der Waals surface area contributed by atoms with Gasteiger partial charge in [0.05, 0.1) is 12.7 Å². The molecule has 0 saturated carbocycles. The number of aromatic nitrogens is 1. The average Bonchev–Trinajstić information content (AvgIpc) is 2.85. The van der Waals surface area contributed by atoms with Crippen LogP contribution in [-0.2, 0) is 12.0 Å². The molecule has 3 rings (SSSR count). The molecule has 2 N–H and O–H groups in total. The molecule has 4 nitrogen and oxygen atoms in total. The van der Waals surface area contributed by atoms with Crippen molar-refractivity contribution in [2.24, 2.45) is 5.73 Å². The SMILES string of the molecule is CC(C)(C)c1cnc(CN2C3CCC2CC(N)C3)o1. The summed E-state index contributed by atoms with van der Waals surface area (Å²) in [4.78, 5) is 7.01. The molecule has 4 heteroatoms. The van der Waals surface area contributed by atoms with E-state index in [9.17, 15) is 0 Å². The number of nitrogens with zero attached hydrogens (tertiary/aromatic N) is 2. The van der Waals surface area contributed by atoms with Crippen LogP contribution in [0.4, 0.5) is 0 Å². The van der Waals surface area contributed by atoms with E-state index in [2.05, 4.69) is 30.7 Å². The van der Waals surface area contributed by atoms with E-state index in [-0.39, 0.29) is 5.41 Å². The van der Waals surface area contributed by atoms with Crippen molar-refractivity contribution in [1.29, 1.82) is 0 Å². The monoisotopic (exact) mass is 263 g/mol. The van der Waals surface area contributed by atoms with Gasteiger partial charge in [-0.1, -0.05) is 20.8 Å². The van der Waals surface area contributed by atoms with Gasteiger partial charge in [-0.05, 0) is 25.7 Å². The number of rotatable bonds is 2. The van der Waals surface area contributed by atoms with E-state index < -0.39 is 0 Å². The minimum atomic E-state index is 0.0362. The first-order chi connectivity index (χ1) is 8.93. The summed E-state index contributed by atoms with van der Waals surface area (Å²) in [6.07, 6.45) is 6.70. The van der Waals surface area contributed by atoms with Crippen LogP contribution < -0.4 is 5.73 Å². The molecular weight excluding hydrogens is 238 g/mol. The Morgan fingerprint density at radius 2 is 1.95 bits per heavy atom. The third kappa shape index (κ3) is 2.56. The molecule has 2 fully saturated rings. The molecular formula is C15H25N3O. The summed E-state index contributed by atoms with van der Waals surface area (Å²) < 4.78 is 5.92. The molecule has 2 aliphatic heterocycles. The van der Waals surface area contributed by atoms with Crippen LogP contribution in [0.25, 0.3) is 0 Å². The Balaban J connectivity index is 1.71. The molecule has 0 spiro atoms. The van der Waals surface area contributed by atoms with Crippen LogP contribution in [0.1, 0.15) is 58.1 Å². The van der Waals surface area contributed by atoms with Gasteiger partial charge >= 0.3 is 0 Å². The first-order valence-corrected chi connectivity index (χ1v) is 7.40. The van der Waals surface area contributed by atoms with Gasteiger partial charge in [0.25, 0.3) is 0 Å². The van der Waals surface area contributed by atoms with Crippen LogP contribution in [0, 0.1) is 0 Å². The summed E-state index contributed by atoms with van der Waals surface area (Å²) in [6.45, 7) is 7.31. The number of fused-ring (bicyclic) bond motifs is 2. The zero-order valence-corrected chi connectivity index (χ0v) is 12.2. The lowest BCUT2D eigenvalue weighted by molar-refractivity contribution is 0.107. The number of hydrogen-bond donors (Lipinski definition) is 1. The quantitative estimate of drug-likeness (QED) is 0.890. The highest BCUT2D eigenvalue weighted by molar-refractivity contribution is 5.07. The molecule has 2 unspecified atom stereocenters. The summed E-state index contributed by atoms with van der Waals surface area (Å²) in [5.41, 5.74) is 6.14. The van der Waals surface area contributed by atoms with Crippen molar-refractivity contribution in [3.05, 3.63) is 17.8 Å². The van der Waals surface area contributed by atoms with Gasteiger partial charge in [0.15, 0.2) is 0 Å². The van der Waals surface area contributed by atoms with Gasteiger partial charge in [0.1, 0.15) is 5.76 Å². The van der Waals surface area contributed by atoms with Gasteiger partial charge in [-0.3, -0.25) is 4.90 Å². The lowest BCUT2D eigenvalue weighted by Gasteiger charge is -2.36. The van der Waals surface area contributed by atoms with Crippen LogP contribution >= 0.6 is 0 Å². The van der Waals surface area contributed by atoms with Gasteiger partial charge in [-0.15, -0.1) is 0 Å². The van der Waals surface area contributed by atoms with Gasteiger partial charge in [0, 0.05) is 23.5 Å². The highest BCUT2D eigenvalue weighted by atomic mass is 16.4. The van der Waals surface area contributed by atoms with E-state index in [1.807, 2.05) is 6.20 Å². The van der Waals surface area contributed by atoms with E-state index in [1.165, 1.54) is 12.8 Å². The zero-order valence-electron chi connectivity index (χ0n) is 12.2. The van der Waals surface area contributed by atoms with Crippen LogP contribution in [0.2, 0.25) is 0 Å². The Morgan fingerprint density at radius 3 is 2.47 bits per heavy atom. The average molecular weight is 263 g/mol. The van der Waals surface area contributed by atoms with Crippen molar-refractivity contribution in [2.45, 2.75) is 76.5 Å². The van der Waals surface area contributed by atoms with Crippen LogP contribution in [-0.4, -0.2) is 28.0 Å². The molecule has 0 radical (unpaired) electrons. The maximum absolute atomic E-state index is 6.11. The second-order valence-corrected chi connectivity index (χ2v) is 7.16. The Kier molecular flexibility index (Phi) is 3.18. The summed E-state index contributed by atoms with van der Waals surface area (Å²) >= 11 is 0. The fourth-order valence-corrected chi connectivity index (χ4v) is 3.46. The Bertz CT molecular complexity index is 434. The van der Waals surface area contributed by atoms with Crippen molar-refractivity contribution >= 4 is 0 Å². The maximum Gasteiger partial charge on any atom is 0.208 e. The normalized spacial score (nSPS) is 31.9. The number of hydrogen-bond acceptors (Lipinski definition) is 4. The first-order valence-electron chi connectivity index (χ1n) is 7.40. The summed E-state index contributed by atoms with van der Waals surface area (Å²) in [7, 11) is 0. The zero-order chi connectivity index (χ0) is 13.6. The van der Waals surface area contributed by atoms with E-state index >= 15 is 0 Å². The van der Waals surface area contributed by atoms with E-state index in [0.29, 0.717) is 18.1 Å². The van der Waals surface area contributed by atoms with Crippen molar-refractivity contribution in [1.82, 2.24) is 9.88 Å². The highest BCUT2D eigenvalue weighted by Gasteiger charge is 2.40. The van der Waals surface area contributed by atoms with Gasteiger partial charge in [-0.25, -0.2) is 4.98 Å². The molecule has 19 heavy (non-hydrogen) atoms. The minimum absolute atomic E-state index is 0.0362. The second-order valence-electron chi connectivity index (χ2n) is 7.16. The third-order valence-electron chi connectivity index (χ3n) is 4.53. The second kappa shape index (κ2) is 4.60. The molecule has 2 saturated heterocycles. The first kappa shape index (κ1) is 13.1. The molecule has 3 heterocycles. The van der Waals surface area contributed by atoms with Crippen molar-refractivity contribution in [2.75, 3.05) is 0 Å². The molecule has 106 valence electrons. The van der Waals surface area contributed by atoms with Crippen molar-refractivity contribution < 1.29 is 4.42 Å². The van der Waals surface area contributed by atoms with E-state index in [1.54, 1.807) is 0 Å². The predicted octanol–water partition coefficient (Wildman–Crippen LogP) is 2.43. The summed E-state index contributed by atoms with van der Waals surface area (Å²) in [5, 5.41) is 0. The third-order valence-corrected chi connectivity index (χ3v) is 4.53. The standard InChI is InChI=1S/C15H25N3O/c1-15(2,3)13-8-17-14(19-13)9-18-11-4-5-12(18)7-10(16)6-11/h8,10-12H,4-7,9,16H2,1-3H3. The van der Waals surface area contributed by atoms with Crippen molar-refractivity contribution in [3.63, 3.8) is 0 Å². The van der Waals surface area contributed by atoms with Gasteiger partial charge in [-0.2, -0.15) is 0 Å². The van der Waals surface area contributed by atoms with Gasteiger partial charge in [0.2, 0.25) is 5.89 Å².